The molecule has 1 rings (SSSR count). The van der Waals surface area contributed by atoms with Crippen molar-refractivity contribution in [1.82, 2.24) is 9.78 Å². The maximum absolute atomic E-state index is 12.6. The summed E-state index contributed by atoms with van der Waals surface area (Å²) in [6, 6.07) is 0. The Balaban J connectivity index is 3.45. The predicted octanol–water partition coefficient (Wildman–Crippen LogP) is 2.06. The average molecular weight is 245 g/mol. The third-order valence-electron chi connectivity index (χ3n) is 1.46. The third kappa shape index (κ3) is 1.80. The molecule has 0 aromatic carbocycles. The molecule has 1 heterocycles. The fourth-order valence-electron chi connectivity index (χ4n) is 0.891. The van der Waals surface area contributed by atoms with E-state index in [1.54, 1.807) is 0 Å². The topological polar surface area (TPSA) is 55.1 Å². The molecule has 14 heavy (non-hydrogen) atoms. The molecule has 0 aliphatic rings. The van der Waals surface area contributed by atoms with Crippen LogP contribution in [0.1, 0.15) is 16.1 Å². The summed E-state index contributed by atoms with van der Waals surface area (Å²) in [4.78, 5) is 10.6. The number of carboxylic acids is 1. The number of carbonyl (C=O) groups is 1. The highest BCUT2D eigenvalue weighted by atomic mass is 35.5. The van der Waals surface area contributed by atoms with E-state index in [9.17, 15) is 13.6 Å². The van der Waals surface area contributed by atoms with E-state index in [1.165, 1.54) is 7.05 Å². The smallest absolute Gasteiger partial charge is 0.367 e. The van der Waals surface area contributed by atoms with Crippen LogP contribution in [0.5, 0.6) is 0 Å². The molecule has 0 unspecified atom stereocenters. The first-order valence-corrected chi connectivity index (χ1v) is 4.03. The van der Waals surface area contributed by atoms with Gasteiger partial charge in [0, 0.05) is 7.05 Å². The Bertz CT molecular complexity index is 386. The van der Waals surface area contributed by atoms with Crippen LogP contribution in [0.2, 0.25) is 5.15 Å². The van der Waals surface area contributed by atoms with E-state index in [4.69, 9.17) is 16.7 Å². The third-order valence-corrected chi connectivity index (χ3v) is 2.07. The zero-order chi connectivity index (χ0) is 11.1. The zero-order valence-corrected chi connectivity index (χ0v) is 8.27. The molecule has 0 aliphatic heterocycles. The number of nitrogens with zero attached hydrogens (tertiary/aromatic N) is 2. The minimum absolute atomic E-state index is 0.396. The molecular formula is C6H4Cl2F2N2O2. The molecule has 78 valence electrons. The number of hydrogen-bond acceptors (Lipinski definition) is 2. The second-order valence-corrected chi connectivity index (χ2v) is 3.27. The van der Waals surface area contributed by atoms with Crippen molar-refractivity contribution in [2.45, 2.75) is 5.38 Å². The summed E-state index contributed by atoms with van der Waals surface area (Å²) in [5.41, 5.74) is -1.84. The lowest BCUT2D eigenvalue weighted by molar-refractivity contribution is 0.0653. The molecule has 0 radical (unpaired) electrons. The van der Waals surface area contributed by atoms with Gasteiger partial charge in [-0.1, -0.05) is 11.6 Å². The van der Waals surface area contributed by atoms with E-state index in [0.29, 0.717) is 0 Å². The molecule has 8 heteroatoms. The van der Waals surface area contributed by atoms with Crippen LogP contribution in [0.15, 0.2) is 0 Å². The molecule has 1 aromatic rings. The van der Waals surface area contributed by atoms with Crippen LogP contribution in [0.25, 0.3) is 0 Å². The van der Waals surface area contributed by atoms with Gasteiger partial charge in [-0.3, -0.25) is 4.68 Å². The predicted molar refractivity (Wildman–Crippen MR) is 44.9 cm³/mol. The number of alkyl halides is 3. The van der Waals surface area contributed by atoms with Crippen molar-refractivity contribution in [2.75, 3.05) is 0 Å². The van der Waals surface area contributed by atoms with Crippen LogP contribution in [0.4, 0.5) is 8.78 Å². The van der Waals surface area contributed by atoms with Gasteiger partial charge in [0.25, 0.3) is 0 Å². The van der Waals surface area contributed by atoms with Gasteiger partial charge in [-0.25, -0.2) is 4.79 Å². The van der Waals surface area contributed by atoms with Gasteiger partial charge in [0.05, 0.1) is 0 Å². The van der Waals surface area contributed by atoms with Gasteiger partial charge in [0.1, 0.15) is 10.7 Å². The van der Waals surface area contributed by atoms with Gasteiger partial charge < -0.3 is 5.11 Å². The first-order valence-electron chi connectivity index (χ1n) is 3.28. The van der Waals surface area contributed by atoms with Crippen LogP contribution >= 0.6 is 23.2 Å². The second kappa shape index (κ2) is 3.36. The van der Waals surface area contributed by atoms with Crippen molar-refractivity contribution in [3.8, 4) is 0 Å². The van der Waals surface area contributed by atoms with Gasteiger partial charge >= 0.3 is 11.4 Å². The summed E-state index contributed by atoms with van der Waals surface area (Å²) in [5.74, 6) is -1.60. The van der Waals surface area contributed by atoms with E-state index >= 15 is 0 Å². The van der Waals surface area contributed by atoms with Gasteiger partial charge in [-0.2, -0.15) is 13.9 Å². The SMILES string of the molecule is Cn1nc(C(F)(F)Cl)c(C(=O)O)c1Cl. The van der Waals surface area contributed by atoms with E-state index in [-0.39, 0.29) is 0 Å². The largest absolute Gasteiger partial charge is 0.478 e. The molecular weight excluding hydrogens is 241 g/mol. The molecule has 0 amide bonds. The van der Waals surface area contributed by atoms with Crippen molar-refractivity contribution < 1.29 is 18.7 Å². The van der Waals surface area contributed by atoms with Crippen LogP contribution < -0.4 is 0 Å². The molecule has 0 bridgehead atoms. The van der Waals surface area contributed by atoms with Gasteiger partial charge in [-0.15, -0.1) is 0 Å². The van der Waals surface area contributed by atoms with E-state index in [2.05, 4.69) is 16.7 Å². The molecule has 0 saturated carbocycles. The molecule has 0 aliphatic carbocycles. The minimum Gasteiger partial charge on any atom is -0.478 e. The summed E-state index contributed by atoms with van der Waals surface area (Å²) in [7, 11) is 1.24. The number of halogens is 4. The lowest BCUT2D eigenvalue weighted by atomic mass is 10.2. The number of aryl methyl sites for hydroxylation is 1. The van der Waals surface area contributed by atoms with Gasteiger partial charge in [-0.05, 0) is 11.6 Å². The number of carboxylic acid groups (broad SMARTS) is 1. The Morgan fingerprint density at radius 1 is 1.64 bits per heavy atom. The van der Waals surface area contributed by atoms with Crippen molar-refractivity contribution in [3.05, 3.63) is 16.4 Å². The first kappa shape index (κ1) is 11.2. The quantitative estimate of drug-likeness (QED) is 0.811. The highest BCUT2D eigenvalue weighted by Gasteiger charge is 2.38. The Hall–Kier alpha value is -0.880. The maximum Gasteiger partial charge on any atom is 0.367 e. The zero-order valence-electron chi connectivity index (χ0n) is 6.76. The summed E-state index contributed by atoms with van der Waals surface area (Å²) in [6.45, 7) is 0. The number of hydrogen-bond donors (Lipinski definition) is 1. The summed E-state index contributed by atoms with van der Waals surface area (Å²) in [6.07, 6.45) is 0. The van der Waals surface area contributed by atoms with Crippen LogP contribution in [-0.4, -0.2) is 20.9 Å². The summed E-state index contributed by atoms with van der Waals surface area (Å²) >= 11 is 10.1. The highest BCUT2D eigenvalue weighted by molar-refractivity contribution is 6.33. The van der Waals surface area contributed by atoms with E-state index in [1.807, 2.05) is 0 Å². The molecule has 4 nitrogen and oxygen atoms in total. The number of aromatic carboxylic acids is 1. The first-order chi connectivity index (χ1) is 6.25. The fraction of sp³-hybridized carbons (Fsp3) is 0.333. The van der Waals surface area contributed by atoms with Crippen LogP contribution in [0, 0.1) is 0 Å². The summed E-state index contributed by atoms with van der Waals surface area (Å²) < 4.78 is 26.1. The van der Waals surface area contributed by atoms with Crippen molar-refractivity contribution in [1.29, 1.82) is 0 Å². The fourth-order valence-corrected chi connectivity index (χ4v) is 1.23. The van der Waals surface area contributed by atoms with Crippen molar-refractivity contribution >= 4 is 29.2 Å². The Kier molecular flexibility index (Phi) is 2.69. The van der Waals surface area contributed by atoms with Gasteiger partial charge in [0.2, 0.25) is 0 Å². The van der Waals surface area contributed by atoms with Gasteiger partial charge in [0.15, 0.2) is 5.69 Å². The van der Waals surface area contributed by atoms with Crippen molar-refractivity contribution in [3.63, 3.8) is 0 Å². The Morgan fingerprint density at radius 2 is 2.14 bits per heavy atom. The second-order valence-electron chi connectivity index (χ2n) is 2.44. The molecule has 1 aromatic heterocycles. The Labute approximate surface area is 87.0 Å². The van der Waals surface area contributed by atoms with E-state index < -0.39 is 27.8 Å². The molecule has 0 fully saturated rings. The van der Waals surface area contributed by atoms with Crippen molar-refractivity contribution in [2.24, 2.45) is 7.05 Å². The highest BCUT2D eigenvalue weighted by Crippen LogP contribution is 2.36. The molecule has 0 spiro atoms. The lowest BCUT2D eigenvalue weighted by Gasteiger charge is -2.03. The van der Waals surface area contributed by atoms with E-state index in [0.717, 1.165) is 4.68 Å². The summed E-state index contributed by atoms with van der Waals surface area (Å²) in [5, 5.41) is 7.57. The molecule has 1 N–H and O–H groups in total. The standard InChI is InChI=1S/C6H4Cl2F2N2O2/c1-12-4(7)2(5(13)14)3(11-12)6(8,9)10/h1H3,(H,13,14). The lowest BCUT2D eigenvalue weighted by Crippen LogP contribution is -2.11. The number of aromatic nitrogens is 2. The molecule has 0 atom stereocenters. The Morgan fingerprint density at radius 3 is 2.43 bits per heavy atom. The minimum atomic E-state index is -3.85. The normalized spacial score (nSPS) is 11.8. The van der Waals surface area contributed by atoms with Crippen LogP contribution in [-0.2, 0) is 12.4 Å². The average Bonchev–Trinajstić information content (AvgIpc) is 2.27. The molecule has 0 saturated heterocycles. The monoisotopic (exact) mass is 244 g/mol. The van der Waals surface area contributed by atoms with Crippen LogP contribution in [0.3, 0.4) is 0 Å². The maximum atomic E-state index is 12.6. The number of rotatable bonds is 2.